The summed E-state index contributed by atoms with van der Waals surface area (Å²) in [5.74, 6) is 0.655. The van der Waals surface area contributed by atoms with Gasteiger partial charge in [-0.25, -0.2) is 9.59 Å². The van der Waals surface area contributed by atoms with Crippen LogP contribution in [-0.2, 0) is 9.47 Å². The summed E-state index contributed by atoms with van der Waals surface area (Å²) >= 11 is 0. The van der Waals surface area contributed by atoms with Crippen molar-refractivity contribution in [2.75, 3.05) is 13.2 Å². The van der Waals surface area contributed by atoms with Crippen LogP contribution < -0.4 is 20.7 Å². The zero-order valence-electron chi connectivity index (χ0n) is 23.3. The lowest BCUT2D eigenvalue weighted by molar-refractivity contribution is 0.254. The van der Waals surface area contributed by atoms with E-state index in [0.717, 1.165) is 21.9 Å². The Kier molecular flexibility index (Phi) is 5.10. The molecule has 4 aromatic heterocycles. The number of ether oxygens (including phenoxy) is 4. The maximum absolute atomic E-state index is 12.1. The molecule has 42 heavy (non-hydrogen) atoms. The van der Waals surface area contributed by atoms with Gasteiger partial charge in [-0.2, -0.15) is 0 Å². The molecule has 0 amide bonds. The number of hydrogen-bond donors (Lipinski definition) is 0. The van der Waals surface area contributed by atoms with Gasteiger partial charge in [0.05, 0.1) is 23.7 Å². The van der Waals surface area contributed by atoms with Gasteiger partial charge in [-0.1, -0.05) is 0 Å². The van der Waals surface area contributed by atoms with Gasteiger partial charge in [0.1, 0.15) is 25.4 Å². The van der Waals surface area contributed by atoms with Gasteiger partial charge in [-0.15, -0.1) is 0 Å². The summed E-state index contributed by atoms with van der Waals surface area (Å²) in [5.41, 5.74) is 1.38. The molecule has 8 rings (SSSR count). The number of rotatable bonds is 7. The fraction of sp³-hybridized carbons (Fsp3) is 0.312. The topological polar surface area (TPSA) is 130 Å². The molecule has 0 bridgehead atoms. The summed E-state index contributed by atoms with van der Waals surface area (Å²) in [4.78, 5) is 24.2. The zero-order valence-corrected chi connectivity index (χ0v) is 23.3. The fourth-order valence-electron chi connectivity index (χ4n) is 5.46. The largest absolute Gasteiger partial charge is 0.483 e. The first-order chi connectivity index (χ1) is 20.1. The average Bonchev–Trinajstić information content (AvgIpc) is 3.55. The van der Waals surface area contributed by atoms with Crippen LogP contribution in [0.3, 0.4) is 0 Å². The van der Waals surface area contributed by atoms with Gasteiger partial charge >= 0.3 is 11.3 Å². The summed E-state index contributed by atoms with van der Waals surface area (Å²) in [6.07, 6.45) is 3.05. The van der Waals surface area contributed by atoms with Gasteiger partial charge in [0.25, 0.3) is 0 Å². The molecule has 2 atom stereocenters. The molecule has 0 saturated carbocycles. The fourth-order valence-corrected chi connectivity index (χ4v) is 5.46. The van der Waals surface area contributed by atoms with Crippen LogP contribution in [0.25, 0.3) is 55.0 Å². The molecule has 0 aliphatic carbocycles. The van der Waals surface area contributed by atoms with Crippen molar-refractivity contribution in [3.63, 3.8) is 0 Å². The Hall–Kier alpha value is -4.54. The van der Waals surface area contributed by atoms with Gasteiger partial charge in [0.2, 0.25) is 11.5 Å². The maximum Gasteiger partial charge on any atom is 0.336 e. The van der Waals surface area contributed by atoms with Gasteiger partial charge < -0.3 is 36.6 Å². The van der Waals surface area contributed by atoms with Gasteiger partial charge in [0, 0.05) is 44.8 Å². The Labute approximate surface area is 237 Å². The van der Waals surface area contributed by atoms with Crippen LogP contribution >= 0.6 is 0 Å². The molecule has 10 nitrogen and oxygen atoms in total. The van der Waals surface area contributed by atoms with Crippen molar-refractivity contribution in [1.29, 1.82) is 0 Å². The van der Waals surface area contributed by atoms with Gasteiger partial charge in [-0.3, -0.25) is 0 Å². The highest BCUT2D eigenvalue weighted by molar-refractivity contribution is 6.12. The molecule has 2 unspecified atom stereocenters. The quantitative estimate of drug-likeness (QED) is 0.162. The molecule has 214 valence electrons. The van der Waals surface area contributed by atoms with Crippen molar-refractivity contribution in [2.24, 2.45) is 0 Å². The van der Waals surface area contributed by atoms with Crippen LogP contribution in [0.4, 0.5) is 0 Å². The number of benzene rings is 2. The predicted octanol–water partition coefficient (Wildman–Crippen LogP) is 6.17. The van der Waals surface area contributed by atoms with Crippen LogP contribution in [0.5, 0.6) is 11.5 Å². The second kappa shape index (κ2) is 8.50. The Balaban J connectivity index is 1.29. The van der Waals surface area contributed by atoms with Crippen molar-refractivity contribution in [1.82, 2.24) is 0 Å². The van der Waals surface area contributed by atoms with E-state index in [1.807, 2.05) is 39.8 Å². The number of furan rings is 2. The van der Waals surface area contributed by atoms with E-state index in [0.29, 0.717) is 44.6 Å². The number of epoxide rings is 2. The molecule has 10 heteroatoms. The van der Waals surface area contributed by atoms with E-state index < -0.39 is 11.3 Å². The van der Waals surface area contributed by atoms with E-state index >= 15 is 0 Å². The molecule has 2 aromatic carbocycles. The third kappa shape index (κ3) is 3.93. The lowest BCUT2D eigenvalue weighted by atomic mass is 10.0. The Morgan fingerprint density at radius 1 is 0.643 bits per heavy atom. The van der Waals surface area contributed by atoms with E-state index in [2.05, 4.69) is 0 Å². The van der Waals surface area contributed by atoms with Crippen LogP contribution in [0.1, 0.15) is 27.7 Å². The van der Waals surface area contributed by atoms with Crippen molar-refractivity contribution in [3.8, 4) is 22.6 Å². The standard InChI is InChI=1S/C32H26O10/c1-31(2)21(41-31)13-37-29-25-15(5-7-23(33)39-25)9-17-19(11-35-27(17)29)20-12-36-28-18(20)10-16-6-8-24(34)40-26(16)30(28)38-14-22-32(3,4)42-22/h5-12,21-22H,13-14H2,1-4H3. The highest BCUT2D eigenvalue weighted by atomic mass is 16.6. The molecule has 2 aliphatic heterocycles. The summed E-state index contributed by atoms with van der Waals surface area (Å²) < 4.78 is 47.0. The highest BCUT2D eigenvalue weighted by Crippen LogP contribution is 2.46. The molecular formula is C32H26O10. The molecule has 0 spiro atoms. The molecular weight excluding hydrogens is 544 g/mol. The lowest BCUT2D eigenvalue weighted by Crippen LogP contribution is -2.12. The SMILES string of the molecule is CC1(C)OC1COc1c2oc(=O)ccc2cc2c(-c3coc4c(OCC5OC5(C)C)c5oc(=O)ccc5cc34)coc12. The third-order valence-corrected chi connectivity index (χ3v) is 8.19. The van der Waals surface area contributed by atoms with Crippen LogP contribution in [0.2, 0.25) is 0 Å². The first-order valence-corrected chi connectivity index (χ1v) is 13.7. The highest BCUT2D eigenvalue weighted by Gasteiger charge is 2.49. The van der Waals surface area contributed by atoms with E-state index in [9.17, 15) is 9.59 Å². The lowest BCUT2D eigenvalue weighted by Gasteiger charge is -2.09. The van der Waals surface area contributed by atoms with Gasteiger partial charge in [-0.05, 0) is 52.0 Å². The van der Waals surface area contributed by atoms with E-state index in [1.165, 1.54) is 12.1 Å². The van der Waals surface area contributed by atoms with E-state index in [1.54, 1.807) is 24.7 Å². The number of fused-ring (bicyclic) bond motifs is 4. The molecule has 0 radical (unpaired) electrons. The Morgan fingerprint density at radius 2 is 1.05 bits per heavy atom. The van der Waals surface area contributed by atoms with Crippen molar-refractivity contribution < 1.29 is 36.6 Å². The second-order valence-electron chi connectivity index (χ2n) is 11.9. The molecule has 6 heterocycles. The monoisotopic (exact) mass is 570 g/mol. The Morgan fingerprint density at radius 3 is 1.43 bits per heavy atom. The smallest absolute Gasteiger partial charge is 0.336 e. The van der Waals surface area contributed by atoms with Crippen LogP contribution in [0.15, 0.2) is 76.2 Å². The van der Waals surface area contributed by atoms with Crippen molar-refractivity contribution in [2.45, 2.75) is 51.1 Å². The van der Waals surface area contributed by atoms with Crippen molar-refractivity contribution >= 4 is 43.9 Å². The summed E-state index contributed by atoms with van der Waals surface area (Å²) in [6, 6.07) is 9.90. The van der Waals surface area contributed by atoms with Gasteiger partial charge in [0.15, 0.2) is 22.3 Å². The summed E-state index contributed by atoms with van der Waals surface area (Å²) in [6.45, 7) is 8.48. The molecule has 2 aliphatic rings. The van der Waals surface area contributed by atoms with Crippen LogP contribution in [0, 0.1) is 0 Å². The maximum atomic E-state index is 12.1. The average molecular weight is 571 g/mol. The number of hydrogen-bond acceptors (Lipinski definition) is 10. The van der Waals surface area contributed by atoms with Crippen molar-refractivity contribution in [3.05, 3.63) is 69.8 Å². The zero-order chi connectivity index (χ0) is 29.0. The predicted molar refractivity (Wildman–Crippen MR) is 152 cm³/mol. The second-order valence-corrected chi connectivity index (χ2v) is 11.9. The Bertz CT molecular complexity index is 2020. The molecule has 6 aromatic rings. The minimum atomic E-state index is -0.492. The first-order valence-electron chi connectivity index (χ1n) is 13.7. The van der Waals surface area contributed by atoms with E-state index in [-0.39, 0.29) is 36.6 Å². The summed E-state index contributed by atoms with van der Waals surface area (Å²) in [7, 11) is 0. The molecule has 0 N–H and O–H groups in total. The normalized spacial score (nSPS) is 20.5. The molecule has 2 saturated heterocycles. The summed E-state index contributed by atoms with van der Waals surface area (Å²) in [5, 5.41) is 2.82. The van der Waals surface area contributed by atoms with E-state index in [4.69, 9.17) is 36.6 Å². The first kappa shape index (κ1) is 25.2. The molecule has 2 fully saturated rings. The minimum absolute atomic E-state index is 0.0937. The third-order valence-electron chi connectivity index (χ3n) is 8.19. The van der Waals surface area contributed by atoms with Crippen LogP contribution in [-0.4, -0.2) is 36.6 Å². The minimum Gasteiger partial charge on any atom is -0.483 e.